The fourth-order valence-electron chi connectivity index (χ4n) is 3.27. The predicted molar refractivity (Wildman–Crippen MR) is 113 cm³/mol. The van der Waals surface area contributed by atoms with E-state index in [0.717, 1.165) is 16.2 Å². The van der Waals surface area contributed by atoms with Gasteiger partial charge in [0.15, 0.2) is 6.10 Å². The lowest BCUT2D eigenvalue weighted by Crippen LogP contribution is -2.30. The molecule has 0 heterocycles. The fourth-order valence-corrected chi connectivity index (χ4v) is 3.27. The van der Waals surface area contributed by atoms with E-state index < -0.39 is 18.0 Å². The summed E-state index contributed by atoms with van der Waals surface area (Å²) < 4.78 is 5.30. The number of phenolic OH excluding ortho intramolecular Hbond substituents is 1. The summed E-state index contributed by atoms with van der Waals surface area (Å²) in [6.07, 6.45) is -1.03. The van der Waals surface area contributed by atoms with Crippen molar-refractivity contribution in [3.63, 3.8) is 0 Å². The number of hydrogen-bond acceptors (Lipinski definition) is 4. The highest BCUT2D eigenvalue weighted by Crippen LogP contribution is 2.29. The topological polar surface area (TPSA) is 75.6 Å². The van der Waals surface area contributed by atoms with Crippen LogP contribution in [0, 0.1) is 0 Å². The molecule has 2 N–H and O–H groups in total. The second kappa shape index (κ2) is 7.64. The van der Waals surface area contributed by atoms with Crippen molar-refractivity contribution < 1.29 is 19.4 Å². The largest absolute Gasteiger partial charge is 0.506 e. The van der Waals surface area contributed by atoms with Crippen LogP contribution in [0.25, 0.3) is 21.5 Å². The van der Waals surface area contributed by atoms with Gasteiger partial charge < -0.3 is 15.2 Å². The highest BCUT2D eigenvalue weighted by atomic mass is 16.5. The summed E-state index contributed by atoms with van der Waals surface area (Å²) in [6.45, 7) is 1.50. The molecular formula is C24H19NO4. The number of carbonyl (C=O) groups is 2. The molecule has 5 nitrogen and oxygen atoms in total. The number of aromatic hydroxyl groups is 1. The molecular weight excluding hydrogens is 366 g/mol. The number of fused-ring (bicyclic) bond motifs is 2. The summed E-state index contributed by atoms with van der Waals surface area (Å²) in [5, 5.41) is 16.5. The number of carbonyl (C=O) groups excluding carboxylic acids is 2. The molecule has 0 aliphatic carbocycles. The van der Waals surface area contributed by atoms with Crippen LogP contribution in [-0.2, 0) is 9.53 Å². The van der Waals surface area contributed by atoms with E-state index in [2.05, 4.69) is 5.32 Å². The molecule has 0 spiro atoms. The molecule has 4 aromatic carbocycles. The van der Waals surface area contributed by atoms with Gasteiger partial charge >= 0.3 is 5.97 Å². The highest BCUT2D eigenvalue weighted by molar-refractivity contribution is 6.05. The van der Waals surface area contributed by atoms with E-state index in [9.17, 15) is 14.7 Å². The van der Waals surface area contributed by atoms with Gasteiger partial charge in [-0.15, -0.1) is 0 Å². The first-order valence-corrected chi connectivity index (χ1v) is 9.25. The first kappa shape index (κ1) is 18.5. The van der Waals surface area contributed by atoms with E-state index in [1.807, 2.05) is 48.5 Å². The lowest BCUT2D eigenvalue weighted by Gasteiger charge is -2.15. The third kappa shape index (κ3) is 3.62. The van der Waals surface area contributed by atoms with Crippen LogP contribution in [-0.4, -0.2) is 23.1 Å². The molecule has 0 radical (unpaired) electrons. The fraction of sp³-hybridized carbons (Fsp3) is 0.0833. The number of benzene rings is 4. The molecule has 1 amide bonds. The summed E-state index contributed by atoms with van der Waals surface area (Å²) in [4.78, 5) is 25.1. The van der Waals surface area contributed by atoms with Gasteiger partial charge in [0.2, 0.25) is 0 Å². The Labute approximate surface area is 167 Å². The Hall–Kier alpha value is -3.86. The Morgan fingerprint density at radius 1 is 0.828 bits per heavy atom. The Morgan fingerprint density at radius 2 is 1.45 bits per heavy atom. The molecule has 0 aromatic heterocycles. The summed E-state index contributed by atoms with van der Waals surface area (Å²) >= 11 is 0. The molecule has 0 saturated heterocycles. The highest BCUT2D eigenvalue weighted by Gasteiger charge is 2.22. The molecule has 0 aliphatic rings. The normalized spacial score (nSPS) is 11.9. The van der Waals surface area contributed by atoms with E-state index in [1.54, 1.807) is 24.3 Å². The van der Waals surface area contributed by atoms with E-state index in [1.165, 1.54) is 13.0 Å². The monoisotopic (exact) mass is 385 g/mol. The van der Waals surface area contributed by atoms with Gasteiger partial charge in [0.25, 0.3) is 5.91 Å². The van der Waals surface area contributed by atoms with Crippen LogP contribution in [0.1, 0.15) is 17.3 Å². The Bertz CT molecular complexity index is 1230. The zero-order valence-corrected chi connectivity index (χ0v) is 15.8. The van der Waals surface area contributed by atoms with Gasteiger partial charge in [0, 0.05) is 16.5 Å². The Balaban J connectivity index is 1.51. The maximum atomic E-state index is 12.6. The standard InChI is InChI=1S/C24H19NO4/c1-15(23(27)25-21-12-6-9-16-7-2-4-10-18(16)21)29-24(28)20-14-13-17-8-3-5-11-19(17)22(20)26/h2-15,26H,1H3,(H,25,27)/t15-/m1/s1. The summed E-state index contributed by atoms with van der Waals surface area (Å²) in [7, 11) is 0. The Kier molecular flexibility index (Phi) is 4.87. The zero-order chi connectivity index (χ0) is 20.4. The lowest BCUT2D eigenvalue weighted by molar-refractivity contribution is -0.123. The molecule has 4 rings (SSSR count). The number of rotatable bonds is 4. The van der Waals surface area contributed by atoms with Crippen molar-refractivity contribution in [1.29, 1.82) is 0 Å². The van der Waals surface area contributed by atoms with E-state index >= 15 is 0 Å². The Morgan fingerprint density at radius 3 is 2.21 bits per heavy atom. The van der Waals surface area contributed by atoms with Crippen molar-refractivity contribution >= 4 is 39.1 Å². The second-order valence-corrected chi connectivity index (χ2v) is 6.75. The van der Waals surface area contributed by atoms with Crippen LogP contribution >= 0.6 is 0 Å². The number of ether oxygens (including phenoxy) is 1. The number of hydrogen-bond donors (Lipinski definition) is 2. The number of nitrogens with one attached hydrogen (secondary N) is 1. The summed E-state index contributed by atoms with van der Waals surface area (Å²) in [6, 6.07) is 23.7. The summed E-state index contributed by atoms with van der Waals surface area (Å²) in [5.41, 5.74) is 0.665. The number of amides is 1. The molecule has 29 heavy (non-hydrogen) atoms. The maximum absolute atomic E-state index is 12.6. The first-order valence-electron chi connectivity index (χ1n) is 9.25. The molecule has 0 fully saturated rings. The van der Waals surface area contributed by atoms with Crippen LogP contribution < -0.4 is 5.32 Å². The minimum Gasteiger partial charge on any atom is -0.506 e. The quantitative estimate of drug-likeness (QED) is 0.491. The van der Waals surface area contributed by atoms with Gasteiger partial charge in [0.05, 0.1) is 0 Å². The van der Waals surface area contributed by atoms with Crippen LogP contribution in [0.3, 0.4) is 0 Å². The lowest BCUT2D eigenvalue weighted by atomic mass is 10.1. The van der Waals surface area contributed by atoms with Gasteiger partial charge in [0.1, 0.15) is 11.3 Å². The first-order chi connectivity index (χ1) is 14.0. The van der Waals surface area contributed by atoms with Gasteiger partial charge in [-0.05, 0) is 29.8 Å². The molecule has 0 aliphatic heterocycles. The number of phenols is 1. The predicted octanol–water partition coefficient (Wildman–Crippen LogP) is 4.88. The van der Waals surface area contributed by atoms with Crippen molar-refractivity contribution in [3.05, 3.63) is 84.4 Å². The molecule has 0 saturated carbocycles. The SMILES string of the molecule is C[C@@H](OC(=O)c1ccc2ccccc2c1O)C(=O)Nc1cccc2ccccc12. The van der Waals surface area contributed by atoms with Crippen molar-refractivity contribution in [3.8, 4) is 5.75 Å². The molecule has 144 valence electrons. The van der Waals surface area contributed by atoms with Gasteiger partial charge in [-0.3, -0.25) is 4.79 Å². The third-order valence-corrected chi connectivity index (χ3v) is 4.82. The number of anilines is 1. The van der Waals surface area contributed by atoms with Crippen LogP contribution in [0.4, 0.5) is 5.69 Å². The average Bonchev–Trinajstić information content (AvgIpc) is 2.74. The third-order valence-electron chi connectivity index (χ3n) is 4.82. The maximum Gasteiger partial charge on any atom is 0.342 e. The van der Waals surface area contributed by atoms with Crippen LogP contribution in [0.5, 0.6) is 5.75 Å². The molecule has 1 atom stereocenters. The average molecular weight is 385 g/mol. The van der Waals surface area contributed by atoms with Crippen LogP contribution in [0.15, 0.2) is 78.9 Å². The van der Waals surface area contributed by atoms with Crippen LogP contribution in [0.2, 0.25) is 0 Å². The van der Waals surface area contributed by atoms with E-state index in [4.69, 9.17) is 4.74 Å². The second-order valence-electron chi connectivity index (χ2n) is 6.75. The smallest absolute Gasteiger partial charge is 0.342 e. The molecule has 0 bridgehead atoms. The van der Waals surface area contributed by atoms with Crippen molar-refractivity contribution in [2.75, 3.05) is 5.32 Å². The minimum atomic E-state index is -1.03. The zero-order valence-electron chi connectivity index (χ0n) is 15.8. The van der Waals surface area contributed by atoms with Crippen molar-refractivity contribution in [1.82, 2.24) is 0 Å². The van der Waals surface area contributed by atoms with Gasteiger partial charge in [-0.25, -0.2) is 4.79 Å². The van der Waals surface area contributed by atoms with E-state index in [-0.39, 0.29) is 11.3 Å². The van der Waals surface area contributed by atoms with Crippen molar-refractivity contribution in [2.24, 2.45) is 0 Å². The van der Waals surface area contributed by atoms with Gasteiger partial charge in [-0.2, -0.15) is 0 Å². The van der Waals surface area contributed by atoms with Crippen molar-refractivity contribution in [2.45, 2.75) is 13.0 Å². The molecule has 0 unspecified atom stereocenters. The number of esters is 1. The molecule has 5 heteroatoms. The molecule has 4 aromatic rings. The van der Waals surface area contributed by atoms with Gasteiger partial charge in [-0.1, -0.05) is 66.7 Å². The minimum absolute atomic E-state index is 0.0218. The van der Waals surface area contributed by atoms with E-state index in [0.29, 0.717) is 11.1 Å². The summed E-state index contributed by atoms with van der Waals surface area (Å²) in [5.74, 6) is -1.36.